The first-order chi connectivity index (χ1) is 14.5. The molecular weight excluding hydrogens is 386 g/mol. The third-order valence-electron chi connectivity index (χ3n) is 5.58. The fraction of sp³-hybridized carbons (Fsp3) is 0.591. The molecule has 0 aromatic heterocycles. The van der Waals surface area contributed by atoms with Crippen LogP contribution < -0.4 is 15.4 Å². The van der Waals surface area contributed by atoms with E-state index in [1.54, 1.807) is 0 Å². The molecule has 0 unspecified atom stereocenters. The monoisotopic (exact) mass is 417 g/mol. The lowest BCUT2D eigenvalue weighted by Gasteiger charge is -2.27. The summed E-state index contributed by atoms with van der Waals surface area (Å²) in [6.45, 7) is 6.67. The minimum absolute atomic E-state index is 0.231. The molecule has 3 atom stereocenters. The number of hydrogen-bond acceptors (Lipinski definition) is 7. The van der Waals surface area contributed by atoms with Gasteiger partial charge in [-0.05, 0) is 37.1 Å². The summed E-state index contributed by atoms with van der Waals surface area (Å²) < 4.78 is 11.5. The summed E-state index contributed by atoms with van der Waals surface area (Å²) in [5.74, 6) is -0.0732. The highest BCUT2D eigenvalue weighted by Crippen LogP contribution is 2.19. The van der Waals surface area contributed by atoms with E-state index < -0.39 is 0 Å². The number of carbonyl (C=O) groups is 3. The molecule has 2 aliphatic heterocycles. The van der Waals surface area contributed by atoms with E-state index in [0.29, 0.717) is 25.8 Å². The second-order valence-corrected chi connectivity index (χ2v) is 7.93. The standard InChI is InChI=1S/C22H31N3O5/c1-16(15-26)20(8-9-23-19-6-7-21(27)24-22(19)28)30-18-4-2-17(3-5-18)14-25-10-12-29-13-11-25/h2-5,15-16,19-20,23H,6-14H2,1H3,(H,24,27,28)/t16-,19+,20+/m1/s1. The topological polar surface area (TPSA) is 97.0 Å². The van der Waals surface area contributed by atoms with Gasteiger partial charge in [-0.15, -0.1) is 0 Å². The number of nitrogens with zero attached hydrogens (tertiary/aromatic N) is 1. The summed E-state index contributed by atoms with van der Waals surface area (Å²) in [6.07, 6.45) is 2.00. The summed E-state index contributed by atoms with van der Waals surface area (Å²) in [4.78, 5) is 36.8. The molecule has 2 fully saturated rings. The van der Waals surface area contributed by atoms with Gasteiger partial charge in [0.1, 0.15) is 18.1 Å². The molecule has 1 aromatic rings. The first kappa shape index (κ1) is 22.4. The van der Waals surface area contributed by atoms with Crippen molar-refractivity contribution in [2.75, 3.05) is 32.8 Å². The Labute approximate surface area is 177 Å². The fourth-order valence-corrected chi connectivity index (χ4v) is 3.67. The minimum atomic E-state index is -0.380. The highest BCUT2D eigenvalue weighted by molar-refractivity contribution is 6.00. The number of aldehydes is 1. The van der Waals surface area contributed by atoms with Crippen molar-refractivity contribution in [3.63, 3.8) is 0 Å². The SMILES string of the molecule is C[C@H](C=O)[C@H](CCN[C@H]1CCC(=O)NC1=O)Oc1ccc(CN2CCOCC2)cc1. The summed E-state index contributed by atoms with van der Waals surface area (Å²) in [7, 11) is 0. The molecule has 164 valence electrons. The third kappa shape index (κ3) is 6.62. The van der Waals surface area contributed by atoms with Crippen LogP contribution in [0.1, 0.15) is 31.7 Å². The quantitative estimate of drug-likeness (QED) is 0.431. The van der Waals surface area contributed by atoms with Crippen LogP contribution in [0.3, 0.4) is 0 Å². The van der Waals surface area contributed by atoms with Crippen LogP contribution in [0, 0.1) is 5.92 Å². The van der Waals surface area contributed by atoms with E-state index in [9.17, 15) is 14.4 Å². The van der Waals surface area contributed by atoms with Crippen molar-refractivity contribution >= 4 is 18.1 Å². The van der Waals surface area contributed by atoms with Gasteiger partial charge in [-0.3, -0.25) is 19.8 Å². The van der Waals surface area contributed by atoms with E-state index in [4.69, 9.17) is 9.47 Å². The maximum absolute atomic E-state index is 11.8. The molecule has 2 amide bonds. The number of carbonyl (C=O) groups excluding carboxylic acids is 3. The molecule has 2 aliphatic rings. The van der Waals surface area contributed by atoms with Gasteiger partial charge < -0.3 is 19.6 Å². The zero-order valence-electron chi connectivity index (χ0n) is 17.5. The molecule has 0 spiro atoms. The van der Waals surface area contributed by atoms with Gasteiger partial charge in [-0.25, -0.2) is 0 Å². The summed E-state index contributed by atoms with van der Waals surface area (Å²) in [6, 6.07) is 7.60. The van der Waals surface area contributed by atoms with Gasteiger partial charge in [0.15, 0.2) is 0 Å². The van der Waals surface area contributed by atoms with E-state index in [-0.39, 0.29) is 29.9 Å². The van der Waals surface area contributed by atoms with Crippen LogP contribution in [0.15, 0.2) is 24.3 Å². The zero-order valence-corrected chi connectivity index (χ0v) is 17.5. The summed E-state index contributed by atoms with van der Waals surface area (Å²) in [5, 5.41) is 5.50. The molecule has 0 saturated carbocycles. The molecule has 8 heteroatoms. The molecule has 1 aromatic carbocycles. The molecule has 0 radical (unpaired) electrons. The van der Waals surface area contributed by atoms with Gasteiger partial charge in [0.2, 0.25) is 11.8 Å². The van der Waals surface area contributed by atoms with Gasteiger partial charge in [0.25, 0.3) is 0 Å². The van der Waals surface area contributed by atoms with Crippen LogP contribution in [0.5, 0.6) is 5.75 Å². The molecular formula is C22H31N3O5. The highest BCUT2D eigenvalue weighted by atomic mass is 16.5. The maximum atomic E-state index is 11.8. The number of piperidine rings is 1. The van der Waals surface area contributed by atoms with Gasteiger partial charge in [-0.1, -0.05) is 19.1 Å². The van der Waals surface area contributed by atoms with Gasteiger partial charge in [-0.2, -0.15) is 0 Å². The summed E-state index contributed by atoms with van der Waals surface area (Å²) in [5.41, 5.74) is 1.21. The van der Waals surface area contributed by atoms with Crippen LogP contribution in [0.4, 0.5) is 0 Å². The molecule has 0 bridgehead atoms. The molecule has 2 saturated heterocycles. The van der Waals surface area contributed by atoms with Gasteiger partial charge in [0, 0.05) is 32.0 Å². The predicted molar refractivity (Wildman–Crippen MR) is 111 cm³/mol. The lowest BCUT2D eigenvalue weighted by Crippen LogP contribution is -2.51. The fourth-order valence-electron chi connectivity index (χ4n) is 3.67. The van der Waals surface area contributed by atoms with Crippen molar-refractivity contribution in [2.45, 2.75) is 44.9 Å². The van der Waals surface area contributed by atoms with Crippen molar-refractivity contribution in [1.82, 2.24) is 15.5 Å². The molecule has 2 N–H and O–H groups in total. The number of morpholine rings is 1. The first-order valence-corrected chi connectivity index (χ1v) is 10.6. The second-order valence-electron chi connectivity index (χ2n) is 7.93. The Morgan fingerprint density at radius 1 is 1.27 bits per heavy atom. The van der Waals surface area contributed by atoms with Crippen molar-refractivity contribution < 1.29 is 23.9 Å². The van der Waals surface area contributed by atoms with Crippen molar-refractivity contribution in [2.24, 2.45) is 5.92 Å². The number of imide groups is 1. The van der Waals surface area contributed by atoms with Crippen LogP contribution in [-0.4, -0.2) is 68.0 Å². The largest absolute Gasteiger partial charge is 0.490 e. The smallest absolute Gasteiger partial charge is 0.243 e. The number of rotatable bonds is 10. The van der Waals surface area contributed by atoms with E-state index in [2.05, 4.69) is 27.7 Å². The molecule has 0 aliphatic carbocycles. The normalized spacial score (nSPS) is 22.2. The Hall–Kier alpha value is -2.29. The lowest BCUT2D eigenvalue weighted by molar-refractivity contribution is -0.134. The second kappa shape index (κ2) is 11.2. The Morgan fingerprint density at radius 3 is 2.67 bits per heavy atom. The molecule has 2 heterocycles. The van der Waals surface area contributed by atoms with Crippen LogP contribution >= 0.6 is 0 Å². The number of ether oxygens (including phenoxy) is 2. The van der Waals surface area contributed by atoms with Crippen LogP contribution in [-0.2, 0) is 25.7 Å². The van der Waals surface area contributed by atoms with E-state index in [1.807, 2.05) is 19.1 Å². The predicted octanol–water partition coefficient (Wildman–Crippen LogP) is 0.886. The van der Waals surface area contributed by atoms with E-state index in [0.717, 1.165) is 44.9 Å². The zero-order chi connectivity index (χ0) is 21.3. The van der Waals surface area contributed by atoms with Crippen molar-refractivity contribution in [1.29, 1.82) is 0 Å². The van der Waals surface area contributed by atoms with Crippen molar-refractivity contribution in [3.8, 4) is 5.75 Å². The van der Waals surface area contributed by atoms with Gasteiger partial charge in [0.05, 0.1) is 19.3 Å². The number of amides is 2. The Balaban J connectivity index is 1.49. The van der Waals surface area contributed by atoms with E-state index >= 15 is 0 Å². The third-order valence-corrected chi connectivity index (χ3v) is 5.58. The molecule has 8 nitrogen and oxygen atoms in total. The number of hydrogen-bond donors (Lipinski definition) is 2. The van der Waals surface area contributed by atoms with Crippen molar-refractivity contribution in [3.05, 3.63) is 29.8 Å². The Morgan fingerprint density at radius 2 is 2.00 bits per heavy atom. The molecule has 3 rings (SSSR count). The van der Waals surface area contributed by atoms with Crippen LogP contribution in [0.25, 0.3) is 0 Å². The highest BCUT2D eigenvalue weighted by Gasteiger charge is 2.26. The first-order valence-electron chi connectivity index (χ1n) is 10.6. The van der Waals surface area contributed by atoms with Crippen LogP contribution in [0.2, 0.25) is 0 Å². The average Bonchev–Trinajstić information content (AvgIpc) is 2.76. The Bertz CT molecular complexity index is 718. The van der Waals surface area contributed by atoms with E-state index in [1.165, 1.54) is 5.56 Å². The number of nitrogens with one attached hydrogen (secondary N) is 2. The maximum Gasteiger partial charge on any atom is 0.243 e. The average molecular weight is 418 g/mol. The molecule has 30 heavy (non-hydrogen) atoms. The minimum Gasteiger partial charge on any atom is -0.490 e. The Kier molecular flexibility index (Phi) is 8.36. The van der Waals surface area contributed by atoms with Gasteiger partial charge >= 0.3 is 0 Å². The lowest BCUT2D eigenvalue weighted by atomic mass is 10.0. The summed E-state index contributed by atoms with van der Waals surface area (Å²) >= 11 is 0. The number of benzene rings is 1.